The minimum Gasteiger partial charge on any atom is -0.481 e. The van der Waals surface area contributed by atoms with Gasteiger partial charge in [0.15, 0.2) is 0 Å². The molecule has 0 spiro atoms. The van der Waals surface area contributed by atoms with Crippen LogP contribution in [0.2, 0.25) is 0 Å². The van der Waals surface area contributed by atoms with E-state index in [-0.39, 0.29) is 0 Å². The fourth-order valence-electron chi connectivity index (χ4n) is 0.171. The van der Waals surface area contributed by atoms with E-state index >= 15 is 0 Å². The fraction of sp³-hybridized carbons (Fsp3) is 0.545. The molecule has 0 aliphatic heterocycles. The van der Waals surface area contributed by atoms with Crippen LogP contribution >= 0.6 is 34.8 Å². The Labute approximate surface area is 116 Å². The van der Waals surface area contributed by atoms with Crippen molar-refractivity contribution < 1.29 is 9.90 Å². The molecule has 100 valence electrons. The monoisotopic (exact) mass is 292 g/mol. The Morgan fingerprint density at radius 2 is 1.12 bits per heavy atom. The van der Waals surface area contributed by atoms with Gasteiger partial charge in [-0.05, 0) is 0 Å². The van der Waals surface area contributed by atoms with Crippen molar-refractivity contribution in [2.75, 3.05) is 0 Å². The maximum absolute atomic E-state index is 9.76. The van der Waals surface area contributed by atoms with Crippen molar-refractivity contribution in [1.29, 1.82) is 0 Å². The smallest absolute Gasteiger partial charge is 0.307 e. The second-order valence-corrected chi connectivity index (χ2v) is 3.70. The van der Waals surface area contributed by atoms with Crippen molar-refractivity contribution in [3.8, 4) is 0 Å². The van der Waals surface area contributed by atoms with Crippen LogP contribution < -0.4 is 0 Å². The predicted octanol–water partition coefficient (Wildman–Crippen LogP) is 5.19. The Bertz CT molecular complexity index is 102. The largest absolute Gasteiger partial charge is 0.481 e. The molecule has 1 N–H and O–H groups in total. The molecule has 16 heavy (non-hydrogen) atoms. The molecule has 0 bridgehead atoms. The highest BCUT2D eigenvalue weighted by molar-refractivity contribution is 6.68. The Kier molecular flexibility index (Phi) is 55.1. The molecule has 0 aromatic heterocycles. The van der Waals surface area contributed by atoms with E-state index in [2.05, 4.69) is 27.7 Å². The summed E-state index contributed by atoms with van der Waals surface area (Å²) in [6, 6.07) is 0. The molecule has 0 saturated carbocycles. The van der Waals surface area contributed by atoms with E-state index in [1.165, 1.54) is 0 Å². The molecule has 4 radical (unpaired) electrons. The standard InChI is InChI=1S/C3H3Cl3O2.4C2H5/c4-3(5,6)1-2(7)8;4*1-2/h1H2,(H,7,8);4*1H2,2H3. The normalized spacial score (nSPS) is 7.19. The van der Waals surface area contributed by atoms with Crippen LogP contribution in [0.15, 0.2) is 0 Å². The number of hydrogen-bond acceptors (Lipinski definition) is 1. The van der Waals surface area contributed by atoms with Crippen molar-refractivity contribution in [1.82, 2.24) is 0 Å². The first-order chi connectivity index (χ1) is 7.42. The lowest BCUT2D eigenvalue weighted by Gasteiger charge is -2.03. The summed E-state index contributed by atoms with van der Waals surface area (Å²) >= 11 is 15.2. The zero-order valence-electron chi connectivity index (χ0n) is 10.5. The van der Waals surface area contributed by atoms with Gasteiger partial charge in [-0.3, -0.25) is 4.79 Å². The quantitative estimate of drug-likeness (QED) is 0.675. The maximum Gasteiger partial charge on any atom is 0.307 e. The zero-order chi connectivity index (χ0) is 14.8. The number of alkyl halides is 3. The number of halogens is 3. The first-order valence-electron chi connectivity index (χ1n) is 4.53. The number of rotatable bonds is 1. The van der Waals surface area contributed by atoms with Crippen molar-refractivity contribution in [2.45, 2.75) is 37.9 Å². The lowest BCUT2D eigenvalue weighted by atomic mass is 10.5. The van der Waals surface area contributed by atoms with E-state index in [0.717, 1.165) is 0 Å². The number of carboxylic acid groups (broad SMARTS) is 1. The van der Waals surface area contributed by atoms with Gasteiger partial charge in [0.2, 0.25) is 3.79 Å². The third kappa shape index (κ3) is 89.5. The second kappa shape index (κ2) is 29.5. The summed E-state index contributed by atoms with van der Waals surface area (Å²) in [5, 5.41) is 8.00. The highest BCUT2D eigenvalue weighted by Crippen LogP contribution is 2.29. The van der Waals surface area contributed by atoms with Gasteiger partial charge in [-0.1, -0.05) is 90.2 Å². The number of hydrogen-bond donors (Lipinski definition) is 1. The van der Waals surface area contributed by atoms with E-state index in [1.807, 2.05) is 0 Å². The van der Waals surface area contributed by atoms with Crippen LogP contribution in [0.4, 0.5) is 0 Å². The van der Waals surface area contributed by atoms with E-state index in [9.17, 15) is 4.79 Å². The summed E-state index contributed by atoms with van der Waals surface area (Å²) in [6.07, 6.45) is -0.461. The summed E-state index contributed by atoms with van der Waals surface area (Å²) in [4.78, 5) is 9.76. The highest BCUT2D eigenvalue weighted by Gasteiger charge is 2.23. The highest BCUT2D eigenvalue weighted by atomic mass is 35.6. The van der Waals surface area contributed by atoms with Gasteiger partial charge < -0.3 is 5.11 Å². The van der Waals surface area contributed by atoms with Crippen LogP contribution in [0.5, 0.6) is 0 Å². The van der Waals surface area contributed by atoms with Crippen LogP contribution in [-0.2, 0) is 4.79 Å². The Morgan fingerprint density at radius 3 is 1.12 bits per heavy atom. The summed E-state index contributed by atoms with van der Waals surface area (Å²) in [5.41, 5.74) is 0. The van der Waals surface area contributed by atoms with Gasteiger partial charge in [0.1, 0.15) is 0 Å². The van der Waals surface area contributed by atoms with Gasteiger partial charge in [0, 0.05) is 0 Å². The molecule has 0 aromatic carbocycles. The average molecular weight is 294 g/mol. The topological polar surface area (TPSA) is 37.3 Å². The van der Waals surface area contributed by atoms with Gasteiger partial charge in [-0.15, -0.1) is 0 Å². The SMILES string of the molecule is O=C(O)CC(Cl)(Cl)Cl.[CH2]C.[CH2]C.[CH2]C.[CH2]C. The van der Waals surface area contributed by atoms with Crippen molar-refractivity contribution in [2.24, 2.45) is 0 Å². The first-order valence-corrected chi connectivity index (χ1v) is 5.66. The maximum atomic E-state index is 9.76. The summed E-state index contributed by atoms with van der Waals surface area (Å²) in [7, 11) is 0. The van der Waals surface area contributed by atoms with Crippen LogP contribution in [0, 0.1) is 27.7 Å². The Balaban J connectivity index is -0.0000000426. The van der Waals surface area contributed by atoms with Gasteiger partial charge in [0.05, 0.1) is 6.42 Å². The molecular weight excluding hydrogens is 270 g/mol. The molecule has 0 saturated heterocycles. The van der Waals surface area contributed by atoms with E-state index in [1.54, 1.807) is 27.7 Å². The molecule has 0 heterocycles. The average Bonchev–Trinajstić information content (AvgIpc) is 2.26. The molecule has 5 heteroatoms. The van der Waals surface area contributed by atoms with Gasteiger partial charge in [-0.25, -0.2) is 0 Å². The van der Waals surface area contributed by atoms with Crippen LogP contribution in [-0.4, -0.2) is 14.9 Å². The van der Waals surface area contributed by atoms with Gasteiger partial charge in [-0.2, -0.15) is 0 Å². The molecule has 0 fully saturated rings. The molecule has 2 nitrogen and oxygen atoms in total. The molecule has 0 aromatic rings. The molecular formula is C11H23Cl3O2. The van der Waals surface area contributed by atoms with Crippen LogP contribution in [0.25, 0.3) is 0 Å². The van der Waals surface area contributed by atoms with Crippen molar-refractivity contribution in [3.05, 3.63) is 27.7 Å². The molecule has 0 unspecified atom stereocenters. The molecule has 0 aliphatic rings. The third-order valence-electron chi connectivity index (χ3n) is 0.352. The molecule has 0 rings (SSSR count). The van der Waals surface area contributed by atoms with Crippen molar-refractivity contribution >= 4 is 40.8 Å². The van der Waals surface area contributed by atoms with Gasteiger partial charge in [0.25, 0.3) is 0 Å². The third-order valence-corrected chi connectivity index (χ3v) is 0.753. The summed E-state index contributed by atoms with van der Waals surface area (Å²) in [6.45, 7) is 20.0. The summed E-state index contributed by atoms with van der Waals surface area (Å²) < 4.78 is -1.66. The van der Waals surface area contributed by atoms with Gasteiger partial charge >= 0.3 is 5.97 Å². The second-order valence-electron chi connectivity index (χ2n) is 1.19. The van der Waals surface area contributed by atoms with E-state index < -0.39 is 16.2 Å². The number of aliphatic carboxylic acids is 1. The number of carboxylic acids is 1. The lowest BCUT2D eigenvalue weighted by molar-refractivity contribution is -0.136. The van der Waals surface area contributed by atoms with E-state index in [0.29, 0.717) is 0 Å². The molecule has 0 amide bonds. The molecule has 0 atom stereocenters. The summed E-state index contributed by atoms with van der Waals surface area (Å²) in [5.74, 6) is -1.12. The predicted molar refractivity (Wildman–Crippen MR) is 76.7 cm³/mol. The first kappa shape index (κ1) is 29.9. The minimum atomic E-state index is -1.66. The fourth-order valence-corrected chi connectivity index (χ4v) is 0.514. The Morgan fingerprint density at radius 1 is 0.938 bits per heavy atom. The zero-order valence-corrected chi connectivity index (χ0v) is 12.8. The van der Waals surface area contributed by atoms with Crippen molar-refractivity contribution in [3.63, 3.8) is 0 Å². The Hall–Kier alpha value is 0.340. The van der Waals surface area contributed by atoms with Crippen LogP contribution in [0.3, 0.4) is 0 Å². The number of carbonyl (C=O) groups is 1. The lowest BCUT2D eigenvalue weighted by Crippen LogP contribution is -2.09. The molecule has 0 aliphatic carbocycles. The van der Waals surface area contributed by atoms with Crippen LogP contribution in [0.1, 0.15) is 34.1 Å². The van der Waals surface area contributed by atoms with E-state index in [4.69, 9.17) is 39.9 Å². The minimum absolute atomic E-state index is 0.461.